The highest BCUT2D eigenvalue weighted by Crippen LogP contribution is 2.21. The number of hydrogen-bond acceptors (Lipinski definition) is 2. The number of fused-ring (bicyclic) bond motifs is 1. The molecule has 0 saturated heterocycles. The van der Waals surface area contributed by atoms with E-state index in [0.717, 1.165) is 10.1 Å². The van der Waals surface area contributed by atoms with Gasteiger partial charge in [0, 0.05) is 23.2 Å². The van der Waals surface area contributed by atoms with E-state index in [4.69, 9.17) is 23.2 Å². The minimum Gasteiger partial charge on any atom is -0.296 e. The van der Waals surface area contributed by atoms with Crippen LogP contribution in [-0.2, 0) is 7.05 Å². The molecule has 4 rings (SSSR count). The van der Waals surface area contributed by atoms with Crippen LogP contribution in [-0.4, -0.2) is 9.13 Å². The van der Waals surface area contributed by atoms with Gasteiger partial charge < -0.3 is 0 Å². The van der Waals surface area contributed by atoms with Crippen LogP contribution in [0.4, 0.5) is 0 Å². The lowest BCUT2D eigenvalue weighted by Gasteiger charge is -2.12. The number of aryl methyl sites for hydroxylation is 1. The molecule has 29 heavy (non-hydrogen) atoms. The maximum atomic E-state index is 13.0. The van der Waals surface area contributed by atoms with Gasteiger partial charge in [0.2, 0.25) is 0 Å². The van der Waals surface area contributed by atoms with E-state index in [0.29, 0.717) is 27.2 Å². The minimum absolute atomic E-state index is 0.261. The largest absolute Gasteiger partial charge is 0.335 e. The molecule has 0 bridgehead atoms. The summed E-state index contributed by atoms with van der Waals surface area (Å²) in [6, 6.07) is 19.4. The lowest BCUT2D eigenvalue weighted by Crippen LogP contribution is -2.38. The van der Waals surface area contributed by atoms with E-state index in [-0.39, 0.29) is 5.02 Å². The fourth-order valence-electron chi connectivity index (χ4n) is 3.07. The number of nitrogens with zero attached hydrogens (tertiary/aromatic N) is 2. The number of aromatic nitrogens is 2. The second kappa shape index (κ2) is 7.63. The predicted octanol–water partition coefficient (Wildman–Crippen LogP) is 4.40. The summed E-state index contributed by atoms with van der Waals surface area (Å²) in [5, 5.41) is 1.09. The molecule has 0 aliphatic heterocycles. The third-order valence-electron chi connectivity index (χ3n) is 4.55. The Balaban J connectivity index is 1.85. The van der Waals surface area contributed by atoms with Crippen molar-refractivity contribution in [2.75, 3.05) is 0 Å². The van der Waals surface area contributed by atoms with Crippen LogP contribution < -0.4 is 11.2 Å². The zero-order valence-corrected chi connectivity index (χ0v) is 16.8. The highest BCUT2D eigenvalue weighted by molar-refractivity contribution is 6.32. The van der Waals surface area contributed by atoms with Crippen molar-refractivity contribution in [2.24, 2.45) is 7.05 Å². The first kappa shape index (κ1) is 19.1. The molecule has 6 heteroatoms. The van der Waals surface area contributed by atoms with E-state index in [1.54, 1.807) is 43.4 Å². The third kappa shape index (κ3) is 3.58. The van der Waals surface area contributed by atoms with Crippen molar-refractivity contribution >= 4 is 34.1 Å². The first-order valence-electron chi connectivity index (χ1n) is 8.74. The normalized spacial score (nSPS) is 10.6. The molecular weight excluding hydrogens is 407 g/mol. The van der Waals surface area contributed by atoms with Gasteiger partial charge >= 0.3 is 5.69 Å². The van der Waals surface area contributed by atoms with Crippen LogP contribution in [0.15, 0.2) is 76.3 Å². The molecule has 1 aromatic heterocycles. The summed E-state index contributed by atoms with van der Waals surface area (Å²) in [6.07, 6.45) is 0. The van der Waals surface area contributed by atoms with Crippen LogP contribution in [0, 0.1) is 11.8 Å². The molecule has 0 aliphatic carbocycles. The minimum atomic E-state index is -0.505. The fourth-order valence-corrected chi connectivity index (χ4v) is 3.50. The number of hydrogen-bond donors (Lipinski definition) is 0. The summed E-state index contributed by atoms with van der Waals surface area (Å²) in [5.74, 6) is 6.09. The Morgan fingerprint density at radius 1 is 0.828 bits per heavy atom. The van der Waals surface area contributed by atoms with Gasteiger partial charge in [-0.25, -0.2) is 9.36 Å². The molecule has 0 fully saturated rings. The van der Waals surface area contributed by atoms with Crippen LogP contribution in [0.1, 0.15) is 11.1 Å². The number of rotatable bonds is 1. The van der Waals surface area contributed by atoms with Crippen molar-refractivity contribution in [1.82, 2.24) is 9.13 Å². The molecule has 0 saturated carbocycles. The average molecular weight is 421 g/mol. The molecule has 1 heterocycles. The van der Waals surface area contributed by atoms with Crippen LogP contribution in [0.25, 0.3) is 16.6 Å². The zero-order chi connectivity index (χ0) is 20.5. The van der Waals surface area contributed by atoms with Crippen LogP contribution >= 0.6 is 23.2 Å². The van der Waals surface area contributed by atoms with Crippen LogP contribution in [0.3, 0.4) is 0 Å². The SMILES string of the molecule is Cn1c(=O)n(-c2ccc(C#Cc3ccccc3)cc2Cl)c(=O)c2ccc(Cl)cc21. The first-order chi connectivity index (χ1) is 14.0. The van der Waals surface area contributed by atoms with E-state index in [1.807, 2.05) is 30.3 Å². The summed E-state index contributed by atoms with van der Waals surface area (Å²) >= 11 is 12.4. The molecule has 4 aromatic rings. The third-order valence-corrected chi connectivity index (χ3v) is 5.08. The molecule has 3 aromatic carbocycles. The smallest absolute Gasteiger partial charge is 0.296 e. The first-order valence-corrected chi connectivity index (χ1v) is 9.49. The molecule has 4 nitrogen and oxygen atoms in total. The Bertz CT molecular complexity index is 1430. The molecule has 142 valence electrons. The van der Waals surface area contributed by atoms with Gasteiger partial charge in [-0.05, 0) is 48.5 Å². The Kier molecular flexibility index (Phi) is 5.02. The van der Waals surface area contributed by atoms with Crippen LogP contribution in [0.5, 0.6) is 0 Å². The summed E-state index contributed by atoms with van der Waals surface area (Å²) in [5.41, 5.74) is 1.37. The van der Waals surface area contributed by atoms with Crippen LogP contribution in [0.2, 0.25) is 10.0 Å². The summed E-state index contributed by atoms with van der Waals surface area (Å²) in [4.78, 5) is 25.8. The van der Waals surface area contributed by atoms with Gasteiger partial charge in [-0.3, -0.25) is 9.36 Å². The van der Waals surface area contributed by atoms with Crippen molar-refractivity contribution < 1.29 is 0 Å². The molecular formula is C23H14Cl2N2O2. The second-order valence-corrected chi connectivity index (χ2v) is 7.27. The summed E-state index contributed by atoms with van der Waals surface area (Å²) in [7, 11) is 1.59. The molecule has 0 N–H and O–H groups in total. The average Bonchev–Trinajstić information content (AvgIpc) is 2.72. The molecule has 0 atom stereocenters. The number of benzene rings is 3. The zero-order valence-electron chi connectivity index (χ0n) is 15.3. The maximum absolute atomic E-state index is 13.0. The lowest BCUT2D eigenvalue weighted by molar-refractivity contribution is 0.774. The molecule has 0 spiro atoms. The highest BCUT2D eigenvalue weighted by Gasteiger charge is 2.15. The van der Waals surface area contributed by atoms with Gasteiger partial charge in [0.15, 0.2) is 0 Å². The van der Waals surface area contributed by atoms with Crippen molar-refractivity contribution in [2.45, 2.75) is 0 Å². The highest BCUT2D eigenvalue weighted by atomic mass is 35.5. The molecule has 0 aliphatic rings. The quantitative estimate of drug-likeness (QED) is 0.428. The molecule has 0 unspecified atom stereocenters. The molecule has 0 radical (unpaired) electrons. The lowest BCUT2D eigenvalue weighted by atomic mass is 10.1. The van der Waals surface area contributed by atoms with Crippen molar-refractivity contribution in [3.63, 3.8) is 0 Å². The summed E-state index contributed by atoms with van der Waals surface area (Å²) in [6.45, 7) is 0. The molecule has 0 amide bonds. The van der Waals surface area contributed by atoms with Crippen molar-refractivity contribution in [3.05, 3.63) is 109 Å². The Labute approximate surface area is 176 Å². The van der Waals surface area contributed by atoms with Gasteiger partial charge in [-0.1, -0.05) is 53.2 Å². The standard InChI is InChI=1S/C23H14Cl2N2O2/c1-26-21-14-17(24)10-11-18(21)22(28)27(23(26)29)20-12-9-16(13-19(20)25)8-7-15-5-3-2-4-6-15/h2-6,9-14H,1H3. The monoisotopic (exact) mass is 420 g/mol. The Morgan fingerprint density at radius 2 is 1.55 bits per heavy atom. The summed E-state index contributed by atoms with van der Waals surface area (Å²) < 4.78 is 2.44. The van der Waals surface area contributed by atoms with Gasteiger partial charge in [0.25, 0.3) is 5.56 Å². The number of halogens is 2. The van der Waals surface area contributed by atoms with Gasteiger partial charge in [-0.15, -0.1) is 0 Å². The Hall–Kier alpha value is -3.26. The van der Waals surface area contributed by atoms with Gasteiger partial charge in [0.05, 0.1) is 21.6 Å². The van der Waals surface area contributed by atoms with Gasteiger partial charge in [-0.2, -0.15) is 0 Å². The fraction of sp³-hybridized carbons (Fsp3) is 0.0435. The van der Waals surface area contributed by atoms with E-state index in [9.17, 15) is 9.59 Å². The topological polar surface area (TPSA) is 44.0 Å². The van der Waals surface area contributed by atoms with E-state index in [2.05, 4.69) is 11.8 Å². The second-order valence-electron chi connectivity index (χ2n) is 6.43. The van der Waals surface area contributed by atoms with Gasteiger partial charge in [0.1, 0.15) is 0 Å². The van der Waals surface area contributed by atoms with E-state index in [1.165, 1.54) is 4.57 Å². The van der Waals surface area contributed by atoms with Crippen molar-refractivity contribution in [3.8, 4) is 17.5 Å². The van der Waals surface area contributed by atoms with Crippen molar-refractivity contribution in [1.29, 1.82) is 0 Å². The maximum Gasteiger partial charge on any atom is 0.335 e. The van der Waals surface area contributed by atoms with E-state index < -0.39 is 11.2 Å². The predicted molar refractivity (Wildman–Crippen MR) is 117 cm³/mol. The Morgan fingerprint density at radius 3 is 2.28 bits per heavy atom. The van der Waals surface area contributed by atoms with E-state index >= 15 is 0 Å².